The van der Waals surface area contributed by atoms with Gasteiger partial charge < -0.3 is 20.9 Å². The van der Waals surface area contributed by atoms with Crippen LogP contribution in [0.3, 0.4) is 0 Å². The molecule has 0 spiro atoms. The lowest BCUT2D eigenvalue weighted by atomic mass is 9.86. The number of fused-ring (bicyclic) bond motifs is 1. The molecule has 0 saturated heterocycles. The Morgan fingerprint density at radius 1 is 0.974 bits per heavy atom. The smallest absolute Gasteiger partial charge is 0.319 e. The third kappa shape index (κ3) is 6.40. The summed E-state index contributed by atoms with van der Waals surface area (Å²) in [6.07, 6.45) is 1.11. The summed E-state index contributed by atoms with van der Waals surface area (Å²) in [6, 6.07) is 23.8. The number of carbonyl (C=O) groups excluding carboxylic acids is 3. The van der Waals surface area contributed by atoms with Gasteiger partial charge in [0.15, 0.2) is 0 Å². The van der Waals surface area contributed by atoms with Crippen LogP contribution in [-0.2, 0) is 9.59 Å². The summed E-state index contributed by atoms with van der Waals surface area (Å²) in [5.74, 6) is -0.721. The molecule has 7 nitrogen and oxygen atoms in total. The van der Waals surface area contributed by atoms with E-state index in [4.69, 9.17) is 0 Å². The van der Waals surface area contributed by atoms with E-state index in [0.717, 1.165) is 23.1 Å². The molecule has 0 bridgehead atoms. The summed E-state index contributed by atoms with van der Waals surface area (Å²) in [5.41, 5.74) is 3.92. The third-order valence-electron chi connectivity index (χ3n) is 7.09. The Bertz CT molecular complexity index is 1310. The van der Waals surface area contributed by atoms with Gasteiger partial charge in [0.25, 0.3) is 0 Å². The molecule has 0 aromatic heterocycles. The minimum atomic E-state index is -0.843. The molecule has 198 valence electrons. The number of amides is 4. The molecule has 38 heavy (non-hydrogen) atoms. The molecule has 4 amide bonds. The number of para-hydroxylation sites is 1. The highest BCUT2D eigenvalue weighted by atomic mass is 16.2. The van der Waals surface area contributed by atoms with Gasteiger partial charge >= 0.3 is 6.03 Å². The Balaban J connectivity index is 1.68. The van der Waals surface area contributed by atoms with E-state index in [9.17, 15) is 14.4 Å². The molecule has 2 atom stereocenters. The lowest BCUT2D eigenvalue weighted by Crippen LogP contribution is -2.53. The van der Waals surface area contributed by atoms with E-state index in [0.29, 0.717) is 17.8 Å². The van der Waals surface area contributed by atoms with E-state index in [1.165, 1.54) is 4.90 Å². The standard InChI is InChI=1S/C31H36N4O3/c1-5-31(3,4)34-28(36)20-35-27-17-10-9-16-24(27)25(22-13-7-6-8-14-22)19-26(29(35)37)33-30(38)32-23-15-11-12-21(2)18-23/h6-18,25-26H,5,19-20H2,1-4H3,(H,34,36)(H2,32,33,38). The molecule has 3 aromatic rings. The maximum Gasteiger partial charge on any atom is 0.319 e. The van der Waals surface area contributed by atoms with Crippen LogP contribution in [0.5, 0.6) is 0 Å². The fourth-order valence-electron chi connectivity index (χ4n) is 4.78. The Morgan fingerprint density at radius 3 is 2.39 bits per heavy atom. The second-order valence-corrected chi connectivity index (χ2v) is 10.5. The third-order valence-corrected chi connectivity index (χ3v) is 7.09. The summed E-state index contributed by atoms with van der Waals surface area (Å²) in [4.78, 5) is 41.7. The number of hydrogen-bond acceptors (Lipinski definition) is 3. The van der Waals surface area contributed by atoms with Crippen molar-refractivity contribution in [2.75, 3.05) is 16.8 Å². The van der Waals surface area contributed by atoms with Crippen LogP contribution < -0.4 is 20.9 Å². The van der Waals surface area contributed by atoms with Gasteiger partial charge in [-0.25, -0.2) is 4.79 Å². The van der Waals surface area contributed by atoms with E-state index >= 15 is 0 Å². The highest BCUT2D eigenvalue weighted by Crippen LogP contribution is 2.39. The van der Waals surface area contributed by atoms with E-state index < -0.39 is 17.6 Å². The van der Waals surface area contributed by atoms with Gasteiger partial charge in [0.1, 0.15) is 12.6 Å². The van der Waals surface area contributed by atoms with E-state index in [2.05, 4.69) is 16.0 Å². The van der Waals surface area contributed by atoms with Crippen LogP contribution in [0, 0.1) is 6.92 Å². The quantitative estimate of drug-likeness (QED) is 0.398. The molecule has 4 rings (SSSR count). The van der Waals surface area contributed by atoms with Crippen LogP contribution in [0.2, 0.25) is 0 Å². The summed E-state index contributed by atoms with van der Waals surface area (Å²) in [5, 5.41) is 8.77. The fourth-order valence-corrected chi connectivity index (χ4v) is 4.78. The van der Waals surface area contributed by atoms with Crippen molar-refractivity contribution in [1.82, 2.24) is 10.6 Å². The molecule has 1 aliphatic rings. The molecule has 1 aliphatic heterocycles. The summed E-state index contributed by atoms with van der Waals surface area (Å²) in [7, 11) is 0. The van der Waals surface area contributed by atoms with Crippen LogP contribution in [0.1, 0.15) is 56.2 Å². The van der Waals surface area contributed by atoms with Gasteiger partial charge in [-0.1, -0.05) is 67.6 Å². The average Bonchev–Trinajstić information content (AvgIpc) is 2.99. The van der Waals surface area contributed by atoms with Gasteiger partial charge in [0, 0.05) is 22.8 Å². The molecular weight excluding hydrogens is 476 g/mol. The lowest BCUT2D eigenvalue weighted by molar-refractivity contribution is -0.125. The van der Waals surface area contributed by atoms with Gasteiger partial charge in [0.05, 0.1) is 0 Å². The Kier molecular flexibility index (Phi) is 8.15. The number of carbonyl (C=O) groups is 3. The number of benzene rings is 3. The van der Waals surface area contributed by atoms with Crippen LogP contribution in [0.4, 0.5) is 16.2 Å². The van der Waals surface area contributed by atoms with Crippen molar-refractivity contribution < 1.29 is 14.4 Å². The average molecular weight is 513 g/mol. The number of nitrogens with one attached hydrogen (secondary N) is 3. The number of aryl methyl sites for hydroxylation is 1. The predicted molar refractivity (Wildman–Crippen MR) is 151 cm³/mol. The first-order valence-corrected chi connectivity index (χ1v) is 13.1. The van der Waals surface area contributed by atoms with E-state index in [1.54, 1.807) is 6.07 Å². The van der Waals surface area contributed by atoms with Gasteiger partial charge in [-0.3, -0.25) is 9.59 Å². The fraction of sp³-hybridized carbons (Fsp3) is 0.323. The second kappa shape index (κ2) is 11.5. The first-order chi connectivity index (χ1) is 18.2. The first-order valence-electron chi connectivity index (χ1n) is 13.1. The predicted octanol–water partition coefficient (Wildman–Crippen LogP) is 5.36. The van der Waals surface area contributed by atoms with Gasteiger partial charge in [-0.15, -0.1) is 0 Å². The number of anilines is 2. The zero-order chi connectivity index (χ0) is 27.3. The van der Waals surface area contributed by atoms with Crippen molar-refractivity contribution in [1.29, 1.82) is 0 Å². The highest BCUT2D eigenvalue weighted by molar-refractivity contribution is 6.05. The van der Waals surface area contributed by atoms with Crippen molar-refractivity contribution in [3.63, 3.8) is 0 Å². The van der Waals surface area contributed by atoms with E-state index in [1.807, 2.05) is 100 Å². The molecule has 3 aromatic carbocycles. The van der Waals surface area contributed by atoms with Crippen molar-refractivity contribution in [2.24, 2.45) is 0 Å². The topological polar surface area (TPSA) is 90.5 Å². The van der Waals surface area contributed by atoms with Gasteiger partial charge in [-0.2, -0.15) is 0 Å². The maximum atomic E-state index is 14.0. The van der Waals surface area contributed by atoms with Crippen molar-refractivity contribution in [3.05, 3.63) is 95.6 Å². The molecular formula is C31H36N4O3. The zero-order valence-electron chi connectivity index (χ0n) is 22.5. The maximum absolute atomic E-state index is 14.0. The summed E-state index contributed by atoms with van der Waals surface area (Å²) >= 11 is 0. The molecule has 2 unspecified atom stereocenters. The molecule has 0 aliphatic carbocycles. The lowest BCUT2D eigenvalue weighted by Gasteiger charge is -2.29. The Morgan fingerprint density at radius 2 is 1.68 bits per heavy atom. The van der Waals surface area contributed by atoms with E-state index in [-0.39, 0.29) is 24.3 Å². The first kappa shape index (κ1) is 26.9. The number of rotatable bonds is 7. The minimum absolute atomic E-state index is 0.140. The highest BCUT2D eigenvalue weighted by Gasteiger charge is 2.37. The van der Waals surface area contributed by atoms with Crippen molar-refractivity contribution in [2.45, 2.75) is 58.0 Å². The molecule has 0 saturated carbocycles. The largest absolute Gasteiger partial charge is 0.350 e. The second-order valence-electron chi connectivity index (χ2n) is 10.5. The molecule has 0 radical (unpaired) electrons. The molecule has 0 fully saturated rings. The normalized spacial score (nSPS) is 17.3. The van der Waals surface area contributed by atoms with Gasteiger partial charge in [0.2, 0.25) is 11.8 Å². The van der Waals surface area contributed by atoms with Crippen molar-refractivity contribution >= 4 is 29.2 Å². The van der Waals surface area contributed by atoms with Crippen LogP contribution in [-0.4, -0.2) is 36.0 Å². The molecule has 3 N–H and O–H groups in total. The van der Waals surface area contributed by atoms with Crippen LogP contribution in [0.25, 0.3) is 0 Å². The summed E-state index contributed by atoms with van der Waals surface area (Å²) < 4.78 is 0. The monoisotopic (exact) mass is 512 g/mol. The SMILES string of the molecule is CCC(C)(C)NC(=O)CN1C(=O)C(NC(=O)Nc2cccc(C)c2)CC(c2ccccc2)c2ccccc21. The van der Waals surface area contributed by atoms with Crippen LogP contribution >= 0.6 is 0 Å². The van der Waals surface area contributed by atoms with Crippen LogP contribution in [0.15, 0.2) is 78.9 Å². The zero-order valence-corrected chi connectivity index (χ0v) is 22.5. The molecule has 7 heteroatoms. The molecule has 1 heterocycles. The Labute approximate surface area is 224 Å². The number of nitrogens with zero attached hydrogens (tertiary/aromatic N) is 1. The number of urea groups is 1. The Hall–Kier alpha value is -4.13. The van der Waals surface area contributed by atoms with Crippen molar-refractivity contribution in [3.8, 4) is 0 Å². The number of hydrogen-bond donors (Lipinski definition) is 3. The summed E-state index contributed by atoms with van der Waals surface area (Å²) in [6.45, 7) is 7.72. The van der Waals surface area contributed by atoms with Gasteiger partial charge in [-0.05, 0) is 68.5 Å². The minimum Gasteiger partial charge on any atom is -0.350 e.